The van der Waals surface area contributed by atoms with Gasteiger partial charge in [0.1, 0.15) is 5.75 Å². The molecule has 0 unspecified atom stereocenters. The van der Waals surface area contributed by atoms with E-state index in [1.807, 2.05) is 6.07 Å². The van der Waals surface area contributed by atoms with Crippen LogP contribution in [0.15, 0.2) is 54.6 Å². The lowest BCUT2D eigenvalue weighted by Gasteiger charge is -2.21. The first-order chi connectivity index (χ1) is 12.4. The van der Waals surface area contributed by atoms with Gasteiger partial charge in [0, 0.05) is 12.2 Å². The van der Waals surface area contributed by atoms with E-state index in [2.05, 4.69) is 10.1 Å². The number of hydrogen-bond acceptors (Lipinski definition) is 3. The zero-order valence-electron chi connectivity index (χ0n) is 13.7. The second-order valence-electron chi connectivity index (χ2n) is 5.50. The average molecular weight is 370 g/mol. The first-order valence-corrected chi connectivity index (χ1v) is 7.81. The summed E-state index contributed by atoms with van der Waals surface area (Å²) in [4.78, 5) is 13.4. The molecule has 26 heavy (non-hydrogen) atoms. The van der Waals surface area contributed by atoms with Gasteiger partial charge in [-0.1, -0.05) is 30.3 Å². The molecule has 0 saturated carbocycles. The fourth-order valence-corrected chi connectivity index (χ4v) is 2.35. The zero-order chi connectivity index (χ0) is 18.9. The molecule has 0 aliphatic rings. The normalized spacial score (nSPS) is 11.2. The second-order valence-corrected chi connectivity index (χ2v) is 5.50. The molecule has 0 heterocycles. The Morgan fingerprint density at radius 3 is 2.23 bits per heavy atom. The van der Waals surface area contributed by atoms with Crippen molar-refractivity contribution >= 4 is 11.6 Å². The molecule has 0 radical (unpaired) electrons. The number of nitrogens with one attached hydrogen (secondary N) is 1. The average Bonchev–Trinajstić information content (AvgIpc) is 2.56. The number of hydrogen-bond donors (Lipinski definition) is 1. The van der Waals surface area contributed by atoms with E-state index in [1.165, 1.54) is 29.2 Å². The fourth-order valence-electron chi connectivity index (χ4n) is 2.35. The highest BCUT2D eigenvalue weighted by atomic mass is 19.3. The van der Waals surface area contributed by atoms with E-state index in [1.54, 1.807) is 24.3 Å². The van der Waals surface area contributed by atoms with Crippen molar-refractivity contribution in [3.8, 4) is 5.75 Å². The van der Waals surface area contributed by atoms with Crippen molar-refractivity contribution in [3.05, 3.63) is 60.2 Å². The third-order valence-electron chi connectivity index (χ3n) is 3.38. The Kier molecular flexibility index (Phi) is 7.40. The number of carbonyl (C=O) groups is 1. The number of anilines is 1. The van der Waals surface area contributed by atoms with Crippen LogP contribution in [0.2, 0.25) is 0 Å². The molecule has 0 atom stereocenters. The van der Waals surface area contributed by atoms with E-state index in [0.717, 1.165) is 5.56 Å². The summed E-state index contributed by atoms with van der Waals surface area (Å²) < 4.78 is 53.9. The van der Waals surface area contributed by atoms with Crippen LogP contribution < -0.4 is 10.1 Å². The molecule has 0 aliphatic heterocycles. The van der Waals surface area contributed by atoms with Crippen molar-refractivity contribution in [2.24, 2.45) is 0 Å². The van der Waals surface area contributed by atoms with Crippen LogP contribution >= 0.6 is 0 Å². The molecule has 1 N–H and O–H groups in total. The molecule has 2 rings (SSSR count). The third-order valence-corrected chi connectivity index (χ3v) is 3.38. The van der Waals surface area contributed by atoms with Crippen LogP contribution in [0.5, 0.6) is 5.75 Å². The topological polar surface area (TPSA) is 41.6 Å². The van der Waals surface area contributed by atoms with E-state index < -0.39 is 25.5 Å². The van der Waals surface area contributed by atoms with Crippen LogP contribution in [-0.2, 0) is 11.3 Å². The Bertz CT molecular complexity index is 681. The first kappa shape index (κ1) is 19.7. The monoisotopic (exact) mass is 370 g/mol. The molecule has 140 valence electrons. The maximum Gasteiger partial charge on any atom is 0.387 e. The van der Waals surface area contributed by atoms with Gasteiger partial charge in [0.25, 0.3) is 6.43 Å². The van der Waals surface area contributed by atoms with Gasteiger partial charge in [-0.3, -0.25) is 9.69 Å². The molecule has 4 nitrogen and oxygen atoms in total. The maximum atomic E-state index is 12.8. The summed E-state index contributed by atoms with van der Waals surface area (Å²) in [5.74, 6) is -0.523. The minimum atomic E-state index is -2.93. The van der Waals surface area contributed by atoms with Crippen molar-refractivity contribution in [1.82, 2.24) is 4.90 Å². The minimum absolute atomic E-state index is 0.0404. The number of nitrogens with zero attached hydrogens (tertiary/aromatic N) is 1. The smallest absolute Gasteiger partial charge is 0.387 e. The van der Waals surface area contributed by atoms with E-state index >= 15 is 0 Å². The molecule has 2 aromatic carbocycles. The molecule has 1 amide bonds. The molecule has 8 heteroatoms. The van der Waals surface area contributed by atoms with Gasteiger partial charge in [0.15, 0.2) is 0 Å². The highest BCUT2D eigenvalue weighted by Crippen LogP contribution is 2.18. The van der Waals surface area contributed by atoms with Crippen molar-refractivity contribution in [2.45, 2.75) is 19.6 Å². The lowest BCUT2D eigenvalue weighted by atomic mass is 10.2. The molecule has 0 aliphatic carbocycles. The van der Waals surface area contributed by atoms with E-state index in [-0.39, 0.29) is 18.8 Å². The predicted octanol–water partition coefficient (Wildman–Crippen LogP) is 3.99. The van der Waals surface area contributed by atoms with Crippen LogP contribution in [-0.4, -0.2) is 36.9 Å². The Morgan fingerprint density at radius 2 is 1.65 bits per heavy atom. The molecule has 0 fully saturated rings. The Morgan fingerprint density at radius 1 is 1.00 bits per heavy atom. The van der Waals surface area contributed by atoms with Gasteiger partial charge in [0.05, 0.1) is 13.1 Å². The molecular formula is C18H18F4N2O2. The fraction of sp³-hybridized carbons (Fsp3) is 0.278. The van der Waals surface area contributed by atoms with Crippen molar-refractivity contribution in [2.75, 3.05) is 18.4 Å². The Balaban J connectivity index is 1.93. The van der Waals surface area contributed by atoms with Gasteiger partial charge in [-0.05, 0) is 29.8 Å². The standard InChI is InChI=1S/C18H18F4N2O2/c19-16(20)11-24(10-13-4-2-1-3-5-13)12-17(25)23-14-6-8-15(9-7-14)26-18(21)22/h1-9,16,18H,10-12H2,(H,23,25). The van der Waals surface area contributed by atoms with Crippen LogP contribution in [0.25, 0.3) is 0 Å². The van der Waals surface area contributed by atoms with Crippen molar-refractivity contribution in [1.29, 1.82) is 0 Å². The van der Waals surface area contributed by atoms with Crippen LogP contribution in [0.1, 0.15) is 5.56 Å². The number of alkyl halides is 4. The van der Waals surface area contributed by atoms with Gasteiger partial charge >= 0.3 is 6.61 Å². The third kappa shape index (κ3) is 7.10. The minimum Gasteiger partial charge on any atom is -0.435 e. The predicted molar refractivity (Wildman–Crippen MR) is 89.4 cm³/mol. The number of halogens is 4. The molecule has 0 aromatic heterocycles. The highest BCUT2D eigenvalue weighted by Gasteiger charge is 2.16. The molecule has 2 aromatic rings. The number of ether oxygens (including phenoxy) is 1. The van der Waals surface area contributed by atoms with Crippen LogP contribution in [0.3, 0.4) is 0 Å². The number of carbonyl (C=O) groups excluding carboxylic acids is 1. The summed E-state index contributed by atoms with van der Waals surface area (Å²) in [6.45, 7) is -3.49. The van der Waals surface area contributed by atoms with E-state index in [0.29, 0.717) is 5.69 Å². The molecule has 0 saturated heterocycles. The van der Waals surface area contributed by atoms with Crippen LogP contribution in [0, 0.1) is 0 Å². The van der Waals surface area contributed by atoms with Gasteiger partial charge in [-0.25, -0.2) is 8.78 Å². The molecule has 0 spiro atoms. The maximum absolute atomic E-state index is 12.8. The quantitative estimate of drug-likeness (QED) is 0.679. The SMILES string of the molecule is O=C(CN(Cc1ccccc1)CC(F)F)Nc1ccc(OC(F)F)cc1. The van der Waals surface area contributed by atoms with E-state index in [9.17, 15) is 22.4 Å². The van der Waals surface area contributed by atoms with Gasteiger partial charge < -0.3 is 10.1 Å². The summed E-state index contributed by atoms with van der Waals surface area (Å²) >= 11 is 0. The number of rotatable bonds is 9. The van der Waals surface area contributed by atoms with Gasteiger partial charge in [-0.15, -0.1) is 0 Å². The Labute approximate surface area is 148 Å². The zero-order valence-corrected chi connectivity index (χ0v) is 13.7. The molecular weight excluding hydrogens is 352 g/mol. The second kappa shape index (κ2) is 9.76. The number of amides is 1. The summed E-state index contributed by atoms with van der Waals surface area (Å²) in [6.07, 6.45) is -2.57. The highest BCUT2D eigenvalue weighted by molar-refractivity contribution is 5.92. The van der Waals surface area contributed by atoms with E-state index in [4.69, 9.17) is 0 Å². The molecule has 0 bridgehead atoms. The van der Waals surface area contributed by atoms with Crippen molar-refractivity contribution < 1.29 is 27.1 Å². The first-order valence-electron chi connectivity index (χ1n) is 7.81. The van der Waals surface area contributed by atoms with Crippen molar-refractivity contribution in [3.63, 3.8) is 0 Å². The summed E-state index contributed by atoms with van der Waals surface area (Å²) in [5, 5.41) is 2.54. The summed E-state index contributed by atoms with van der Waals surface area (Å²) in [6, 6.07) is 14.3. The largest absolute Gasteiger partial charge is 0.435 e. The van der Waals surface area contributed by atoms with Gasteiger partial charge in [-0.2, -0.15) is 8.78 Å². The Hall–Kier alpha value is -2.61. The summed E-state index contributed by atoms with van der Waals surface area (Å²) in [5.41, 5.74) is 1.17. The summed E-state index contributed by atoms with van der Waals surface area (Å²) in [7, 11) is 0. The van der Waals surface area contributed by atoms with Gasteiger partial charge in [0.2, 0.25) is 5.91 Å². The number of benzene rings is 2. The lowest BCUT2D eigenvalue weighted by Crippen LogP contribution is -2.36. The van der Waals surface area contributed by atoms with Crippen LogP contribution in [0.4, 0.5) is 23.2 Å². The lowest BCUT2D eigenvalue weighted by molar-refractivity contribution is -0.117.